The van der Waals surface area contributed by atoms with Crippen molar-refractivity contribution in [3.63, 3.8) is 0 Å². The highest BCUT2D eigenvalue weighted by atomic mass is 16.2. The van der Waals surface area contributed by atoms with Crippen molar-refractivity contribution >= 4 is 23.6 Å². The fourth-order valence-electron chi connectivity index (χ4n) is 5.07. The van der Waals surface area contributed by atoms with Crippen LogP contribution in [0.4, 0.5) is 0 Å². The smallest absolute Gasteiger partial charge is 0.243 e. The van der Waals surface area contributed by atoms with E-state index in [1.165, 1.54) is 4.90 Å². The number of benzene rings is 2. The maximum Gasteiger partial charge on any atom is 0.243 e. The Morgan fingerprint density at radius 1 is 0.917 bits per heavy atom. The maximum atomic E-state index is 13.7. The summed E-state index contributed by atoms with van der Waals surface area (Å²) in [6.45, 7) is 2.58. The second-order valence-electron chi connectivity index (χ2n) is 9.34. The van der Waals surface area contributed by atoms with Gasteiger partial charge in [-0.3, -0.25) is 24.1 Å². The number of hydrogen-bond donors (Lipinski definition) is 1. The number of nitrogens with one attached hydrogen (secondary N) is 1. The first-order valence-electron chi connectivity index (χ1n) is 12.6. The zero-order valence-corrected chi connectivity index (χ0v) is 20.6. The SMILES string of the molecule is CCNC(=O)[C@H](Cc1ccccc1)N(Cc1ccccc1)C(=O)CCN1C(=O)[C@H]2CC=CC[C@H]2C1=O. The van der Waals surface area contributed by atoms with Crippen molar-refractivity contribution < 1.29 is 19.2 Å². The Bertz CT molecular complexity index is 1090. The van der Waals surface area contributed by atoms with Gasteiger partial charge in [0, 0.05) is 32.5 Å². The number of amides is 4. The molecule has 188 valence electrons. The van der Waals surface area contributed by atoms with Crippen molar-refractivity contribution in [3.05, 3.63) is 83.9 Å². The Hall–Kier alpha value is -3.74. The normalized spacial score (nSPS) is 19.6. The van der Waals surface area contributed by atoms with Crippen LogP contribution in [0.5, 0.6) is 0 Å². The van der Waals surface area contributed by atoms with Gasteiger partial charge in [0.05, 0.1) is 11.8 Å². The van der Waals surface area contributed by atoms with Gasteiger partial charge in [-0.15, -0.1) is 0 Å². The molecule has 7 heteroatoms. The van der Waals surface area contributed by atoms with Crippen molar-refractivity contribution in [3.8, 4) is 0 Å². The molecule has 7 nitrogen and oxygen atoms in total. The summed E-state index contributed by atoms with van der Waals surface area (Å²) in [6, 6.07) is 18.4. The first kappa shape index (κ1) is 25.4. The highest BCUT2D eigenvalue weighted by Gasteiger charge is 2.47. The highest BCUT2D eigenvalue weighted by Crippen LogP contribution is 2.35. The van der Waals surface area contributed by atoms with E-state index < -0.39 is 6.04 Å². The monoisotopic (exact) mass is 487 g/mol. The zero-order chi connectivity index (χ0) is 25.5. The van der Waals surface area contributed by atoms with E-state index in [2.05, 4.69) is 5.32 Å². The van der Waals surface area contributed by atoms with Crippen LogP contribution in [0.15, 0.2) is 72.8 Å². The molecule has 2 aromatic carbocycles. The summed E-state index contributed by atoms with van der Waals surface area (Å²) >= 11 is 0. The van der Waals surface area contributed by atoms with Gasteiger partial charge in [0.1, 0.15) is 6.04 Å². The third-order valence-electron chi connectivity index (χ3n) is 6.97. The van der Waals surface area contributed by atoms with E-state index in [1.54, 1.807) is 4.90 Å². The van der Waals surface area contributed by atoms with Crippen molar-refractivity contribution in [2.24, 2.45) is 11.8 Å². The van der Waals surface area contributed by atoms with Gasteiger partial charge in [0.15, 0.2) is 0 Å². The number of hydrogen-bond acceptors (Lipinski definition) is 4. The molecule has 0 bridgehead atoms. The maximum absolute atomic E-state index is 13.7. The molecule has 1 aliphatic carbocycles. The summed E-state index contributed by atoms with van der Waals surface area (Å²) in [7, 11) is 0. The van der Waals surface area contributed by atoms with E-state index >= 15 is 0 Å². The molecule has 1 N–H and O–H groups in total. The average Bonchev–Trinajstić information content (AvgIpc) is 3.15. The quantitative estimate of drug-likeness (QED) is 0.412. The second-order valence-corrected chi connectivity index (χ2v) is 9.34. The first-order chi connectivity index (χ1) is 17.5. The van der Waals surface area contributed by atoms with E-state index in [4.69, 9.17) is 0 Å². The lowest BCUT2D eigenvalue weighted by molar-refractivity contribution is -0.144. The molecule has 4 amide bonds. The van der Waals surface area contributed by atoms with Gasteiger partial charge in [-0.05, 0) is 30.9 Å². The van der Waals surface area contributed by atoms with Gasteiger partial charge in [0.25, 0.3) is 0 Å². The predicted octanol–water partition coefficient (Wildman–Crippen LogP) is 3.10. The van der Waals surface area contributed by atoms with Crippen LogP contribution in [-0.2, 0) is 32.1 Å². The van der Waals surface area contributed by atoms with Crippen molar-refractivity contribution in [2.45, 2.75) is 45.2 Å². The van der Waals surface area contributed by atoms with Crippen molar-refractivity contribution in [1.29, 1.82) is 0 Å². The van der Waals surface area contributed by atoms with E-state index in [0.29, 0.717) is 25.8 Å². The summed E-state index contributed by atoms with van der Waals surface area (Å²) in [4.78, 5) is 55.4. The number of carbonyl (C=O) groups is 4. The van der Waals surface area contributed by atoms with E-state index in [0.717, 1.165) is 11.1 Å². The lowest BCUT2D eigenvalue weighted by Crippen LogP contribution is -2.51. The average molecular weight is 488 g/mol. The fourth-order valence-corrected chi connectivity index (χ4v) is 5.07. The standard InChI is InChI=1S/C29H33N3O4/c1-2-30-27(34)25(19-21-11-5-3-6-12-21)32(20-22-13-7-4-8-14-22)26(33)17-18-31-28(35)23-15-9-10-16-24(23)29(31)36/h3-14,23-25H,2,15-20H2,1H3,(H,30,34)/t23-,24+,25-/m0/s1. The minimum Gasteiger partial charge on any atom is -0.355 e. The molecule has 0 radical (unpaired) electrons. The van der Waals surface area contributed by atoms with Gasteiger partial charge in [0.2, 0.25) is 23.6 Å². The fraction of sp³-hybridized carbons (Fsp3) is 0.379. The Balaban J connectivity index is 1.55. The molecule has 0 saturated carbocycles. The molecular formula is C29H33N3O4. The Labute approximate surface area is 212 Å². The lowest BCUT2D eigenvalue weighted by atomic mass is 9.85. The molecule has 1 heterocycles. The lowest BCUT2D eigenvalue weighted by Gasteiger charge is -2.32. The number of rotatable bonds is 10. The minimum atomic E-state index is -0.725. The first-order valence-corrected chi connectivity index (χ1v) is 12.6. The summed E-state index contributed by atoms with van der Waals surface area (Å²) in [6.07, 6.45) is 5.36. The number of fused-ring (bicyclic) bond motifs is 1. The number of likely N-dealkylation sites (N-methyl/N-ethyl adjacent to an activating group) is 1. The van der Waals surface area contributed by atoms with Gasteiger partial charge in [-0.2, -0.15) is 0 Å². The van der Waals surface area contributed by atoms with Crippen molar-refractivity contribution in [2.75, 3.05) is 13.1 Å². The predicted molar refractivity (Wildman–Crippen MR) is 136 cm³/mol. The Morgan fingerprint density at radius 3 is 2.03 bits per heavy atom. The molecular weight excluding hydrogens is 454 g/mol. The van der Waals surface area contributed by atoms with E-state index in [1.807, 2.05) is 79.7 Å². The molecule has 0 spiro atoms. The van der Waals surface area contributed by atoms with Crippen LogP contribution in [0.25, 0.3) is 0 Å². The van der Waals surface area contributed by atoms with Gasteiger partial charge in [-0.1, -0.05) is 72.8 Å². The zero-order valence-electron chi connectivity index (χ0n) is 20.6. The number of allylic oxidation sites excluding steroid dienone is 2. The summed E-state index contributed by atoms with van der Waals surface area (Å²) in [5.74, 6) is -1.52. The highest BCUT2D eigenvalue weighted by molar-refractivity contribution is 6.05. The third-order valence-corrected chi connectivity index (χ3v) is 6.97. The summed E-state index contributed by atoms with van der Waals surface area (Å²) < 4.78 is 0. The topological polar surface area (TPSA) is 86.8 Å². The van der Waals surface area contributed by atoms with Crippen LogP contribution in [0, 0.1) is 11.8 Å². The summed E-state index contributed by atoms with van der Waals surface area (Å²) in [5, 5.41) is 2.87. The molecule has 2 aromatic rings. The van der Waals surface area contributed by atoms with Crippen LogP contribution in [0.2, 0.25) is 0 Å². The van der Waals surface area contributed by atoms with Crippen molar-refractivity contribution in [1.82, 2.24) is 15.1 Å². The number of carbonyl (C=O) groups excluding carboxylic acids is 4. The molecule has 2 aliphatic rings. The largest absolute Gasteiger partial charge is 0.355 e. The molecule has 3 atom stereocenters. The van der Waals surface area contributed by atoms with Gasteiger partial charge in [-0.25, -0.2) is 0 Å². The van der Waals surface area contributed by atoms with Crippen LogP contribution in [-0.4, -0.2) is 52.6 Å². The van der Waals surface area contributed by atoms with Crippen LogP contribution >= 0.6 is 0 Å². The molecule has 0 unspecified atom stereocenters. The molecule has 1 saturated heterocycles. The molecule has 1 fully saturated rings. The second kappa shape index (κ2) is 11.8. The summed E-state index contributed by atoms with van der Waals surface area (Å²) in [5.41, 5.74) is 1.85. The third kappa shape index (κ3) is 5.73. The molecule has 1 aliphatic heterocycles. The van der Waals surface area contributed by atoms with Gasteiger partial charge < -0.3 is 10.2 Å². The van der Waals surface area contributed by atoms with Crippen LogP contribution < -0.4 is 5.32 Å². The van der Waals surface area contributed by atoms with Gasteiger partial charge >= 0.3 is 0 Å². The Morgan fingerprint density at radius 2 is 1.47 bits per heavy atom. The Kier molecular flexibility index (Phi) is 8.31. The van der Waals surface area contributed by atoms with Crippen LogP contribution in [0.1, 0.15) is 37.3 Å². The number of imide groups is 1. The van der Waals surface area contributed by atoms with E-state index in [9.17, 15) is 19.2 Å². The van der Waals surface area contributed by atoms with E-state index in [-0.39, 0.29) is 55.0 Å². The van der Waals surface area contributed by atoms with Crippen LogP contribution in [0.3, 0.4) is 0 Å². The number of nitrogens with zero attached hydrogens (tertiary/aromatic N) is 2. The molecule has 0 aromatic heterocycles. The number of likely N-dealkylation sites (tertiary alicyclic amines) is 1. The minimum absolute atomic E-state index is 0.0259. The molecule has 36 heavy (non-hydrogen) atoms. The molecule has 4 rings (SSSR count).